The van der Waals surface area contributed by atoms with Gasteiger partial charge in [-0.3, -0.25) is 5.32 Å². The highest BCUT2D eigenvalue weighted by molar-refractivity contribution is 5.91. The van der Waals surface area contributed by atoms with Crippen LogP contribution < -0.4 is 19.5 Å². The number of aliphatic carboxylic acids is 1. The number of carboxylic acids is 1. The first-order valence-electron chi connectivity index (χ1n) is 10.6. The molecule has 0 saturated heterocycles. The second-order valence-corrected chi connectivity index (χ2v) is 7.24. The highest BCUT2D eigenvalue weighted by atomic mass is 19.4. The molecule has 0 unspecified atom stereocenters. The van der Waals surface area contributed by atoms with Crippen LogP contribution in [0.15, 0.2) is 30.3 Å². The number of nitrogens with zero attached hydrogens (tertiary/aromatic N) is 4. The van der Waals surface area contributed by atoms with Gasteiger partial charge in [0.2, 0.25) is 17.8 Å². The monoisotopic (exact) mass is 521 g/mol. The molecule has 3 N–H and O–H groups in total. The molecule has 0 fully saturated rings. The number of halogens is 3. The number of aromatic nitrogens is 4. The number of fused-ring (bicyclic) bond motifs is 2. The molecule has 14 heteroatoms. The fraction of sp³-hybridized carbons (Fsp3) is 0.261. The fourth-order valence-electron chi connectivity index (χ4n) is 3.22. The first kappa shape index (κ1) is 27.0. The third kappa shape index (κ3) is 6.15. The summed E-state index contributed by atoms with van der Waals surface area (Å²) in [5, 5.41) is 21.8. The number of carbonyl (C=O) groups is 1. The maximum absolute atomic E-state index is 10.6. The third-order valence-corrected chi connectivity index (χ3v) is 4.82. The van der Waals surface area contributed by atoms with E-state index >= 15 is 0 Å². The second kappa shape index (κ2) is 11.0. The molecular weight excluding hydrogens is 499 g/mol. The van der Waals surface area contributed by atoms with E-state index in [1.54, 1.807) is 38.5 Å². The normalized spacial score (nSPS) is 11.0. The summed E-state index contributed by atoms with van der Waals surface area (Å²) in [6.45, 7) is 4.20. The van der Waals surface area contributed by atoms with Crippen LogP contribution in [0, 0.1) is 6.92 Å². The molecule has 2 aromatic carbocycles. The lowest BCUT2D eigenvalue weighted by Gasteiger charge is -2.12. The van der Waals surface area contributed by atoms with Crippen LogP contribution in [0.5, 0.6) is 23.1 Å². The minimum Gasteiger partial charge on any atom is -0.497 e. The minimum atomic E-state index is -5.08. The van der Waals surface area contributed by atoms with Crippen LogP contribution in [0.2, 0.25) is 0 Å². The van der Waals surface area contributed by atoms with Gasteiger partial charge >= 0.3 is 12.1 Å². The molecule has 0 atom stereocenters. The Kier molecular flexibility index (Phi) is 8.00. The minimum absolute atomic E-state index is 0.167. The van der Waals surface area contributed by atoms with Crippen LogP contribution in [0.4, 0.5) is 25.1 Å². The predicted octanol–water partition coefficient (Wildman–Crippen LogP) is 4.38. The van der Waals surface area contributed by atoms with Gasteiger partial charge < -0.3 is 24.4 Å². The molecule has 0 saturated carbocycles. The lowest BCUT2D eigenvalue weighted by molar-refractivity contribution is -0.192. The summed E-state index contributed by atoms with van der Waals surface area (Å²) < 4.78 is 48.1. The smallest absolute Gasteiger partial charge is 0.490 e. The molecule has 0 amide bonds. The topological polar surface area (TPSA) is 149 Å². The zero-order valence-corrected chi connectivity index (χ0v) is 20.0. The van der Waals surface area contributed by atoms with Gasteiger partial charge in [-0.05, 0) is 32.0 Å². The molecule has 11 nitrogen and oxygen atoms in total. The van der Waals surface area contributed by atoms with Gasteiger partial charge in [-0.15, -0.1) is 0 Å². The van der Waals surface area contributed by atoms with Crippen LogP contribution in [0.3, 0.4) is 0 Å². The summed E-state index contributed by atoms with van der Waals surface area (Å²) >= 11 is 0. The molecule has 0 aliphatic carbocycles. The summed E-state index contributed by atoms with van der Waals surface area (Å²) in [6, 6.07) is 8.94. The standard InChI is InChI=1S/C21H21N5O4.C2HF3O2/c1-5-30-15-8-6-7-14-17(15)19(27)25-21(23-14)26-20-22-11(2)13-9-12(28-3)10-16(29-4)18(13)24-20;3-2(4,5)1(6)7/h6-10H,5H2,1-4H3,(H2,22,23,24,25,26,27);(H,6,7). The van der Waals surface area contributed by atoms with Crippen molar-refractivity contribution >= 4 is 39.7 Å². The van der Waals surface area contributed by atoms with Crippen LogP contribution in [-0.4, -0.2) is 63.1 Å². The number of benzene rings is 2. The van der Waals surface area contributed by atoms with E-state index < -0.39 is 12.1 Å². The van der Waals surface area contributed by atoms with Crippen molar-refractivity contribution in [2.24, 2.45) is 0 Å². The first-order chi connectivity index (χ1) is 17.5. The molecule has 0 bridgehead atoms. The number of rotatable bonds is 6. The Morgan fingerprint density at radius 2 is 1.70 bits per heavy atom. The van der Waals surface area contributed by atoms with E-state index in [2.05, 4.69) is 25.3 Å². The Balaban J connectivity index is 0.000000479. The molecule has 4 aromatic rings. The van der Waals surface area contributed by atoms with Gasteiger partial charge in [0.1, 0.15) is 28.2 Å². The lowest BCUT2D eigenvalue weighted by atomic mass is 10.1. The third-order valence-electron chi connectivity index (χ3n) is 4.82. The molecule has 0 aliphatic heterocycles. The van der Waals surface area contributed by atoms with Crippen LogP contribution in [0.25, 0.3) is 21.8 Å². The number of alkyl halides is 3. The number of carboxylic acid groups (broad SMARTS) is 1. The summed E-state index contributed by atoms with van der Waals surface area (Å²) in [7, 11) is 3.16. The lowest BCUT2D eigenvalue weighted by Crippen LogP contribution is -2.21. The van der Waals surface area contributed by atoms with Gasteiger partial charge in [0, 0.05) is 11.5 Å². The summed E-state index contributed by atoms with van der Waals surface area (Å²) in [5.41, 5.74) is 1.89. The Bertz CT molecular complexity index is 1450. The van der Waals surface area contributed by atoms with E-state index in [0.717, 1.165) is 11.1 Å². The Labute approximate surface area is 207 Å². The van der Waals surface area contributed by atoms with Crippen molar-refractivity contribution in [3.63, 3.8) is 0 Å². The molecule has 0 spiro atoms. The molecule has 2 aromatic heterocycles. The average Bonchev–Trinajstić information content (AvgIpc) is 2.83. The number of aryl methyl sites for hydroxylation is 1. The van der Waals surface area contributed by atoms with Crippen molar-refractivity contribution in [1.29, 1.82) is 0 Å². The number of hydrogen-bond acceptors (Lipinski definition) is 10. The van der Waals surface area contributed by atoms with Gasteiger partial charge in [-0.1, -0.05) is 6.07 Å². The van der Waals surface area contributed by atoms with Crippen molar-refractivity contribution in [3.05, 3.63) is 36.0 Å². The van der Waals surface area contributed by atoms with Crippen molar-refractivity contribution in [2.45, 2.75) is 20.0 Å². The number of aromatic hydroxyl groups is 1. The number of methoxy groups -OCH3 is 2. The summed E-state index contributed by atoms with van der Waals surface area (Å²) in [5.74, 6) is -0.765. The highest BCUT2D eigenvalue weighted by Gasteiger charge is 2.38. The van der Waals surface area contributed by atoms with Gasteiger partial charge in [-0.2, -0.15) is 18.2 Å². The Morgan fingerprint density at radius 1 is 1.03 bits per heavy atom. The zero-order valence-electron chi connectivity index (χ0n) is 20.0. The first-order valence-corrected chi connectivity index (χ1v) is 10.6. The maximum Gasteiger partial charge on any atom is 0.490 e. The molecule has 0 aliphatic rings. The van der Waals surface area contributed by atoms with Crippen LogP contribution in [-0.2, 0) is 4.79 Å². The Morgan fingerprint density at radius 3 is 2.30 bits per heavy atom. The van der Waals surface area contributed by atoms with E-state index in [0.29, 0.717) is 40.3 Å². The second-order valence-electron chi connectivity index (χ2n) is 7.24. The van der Waals surface area contributed by atoms with Crippen molar-refractivity contribution in [1.82, 2.24) is 19.9 Å². The number of hydrogen-bond donors (Lipinski definition) is 3. The zero-order chi connectivity index (χ0) is 27.3. The van der Waals surface area contributed by atoms with E-state index in [-0.39, 0.29) is 17.8 Å². The van der Waals surface area contributed by atoms with Gasteiger partial charge in [0.05, 0.1) is 32.0 Å². The van der Waals surface area contributed by atoms with Gasteiger partial charge in [-0.25, -0.2) is 19.7 Å². The van der Waals surface area contributed by atoms with E-state index in [9.17, 15) is 18.3 Å². The van der Waals surface area contributed by atoms with Gasteiger partial charge in [0.15, 0.2) is 0 Å². The number of anilines is 2. The van der Waals surface area contributed by atoms with Gasteiger partial charge in [0.25, 0.3) is 0 Å². The molecule has 2 heterocycles. The van der Waals surface area contributed by atoms with Crippen molar-refractivity contribution in [2.75, 3.05) is 26.1 Å². The molecule has 4 rings (SSSR count). The van der Waals surface area contributed by atoms with E-state index in [1.165, 1.54) is 0 Å². The van der Waals surface area contributed by atoms with Crippen LogP contribution in [0.1, 0.15) is 12.6 Å². The van der Waals surface area contributed by atoms with E-state index in [1.807, 2.05) is 19.9 Å². The Hall–Kier alpha value is -4.62. The van der Waals surface area contributed by atoms with Crippen LogP contribution >= 0.6 is 0 Å². The molecule has 196 valence electrons. The summed E-state index contributed by atoms with van der Waals surface area (Å²) in [4.78, 5) is 26.5. The fourth-order valence-corrected chi connectivity index (χ4v) is 3.22. The quantitative estimate of drug-likeness (QED) is 0.332. The molecule has 37 heavy (non-hydrogen) atoms. The number of ether oxygens (including phenoxy) is 3. The molecule has 0 radical (unpaired) electrons. The average molecular weight is 521 g/mol. The predicted molar refractivity (Wildman–Crippen MR) is 127 cm³/mol. The highest BCUT2D eigenvalue weighted by Crippen LogP contribution is 2.34. The van der Waals surface area contributed by atoms with E-state index in [4.69, 9.17) is 24.1 Å². The SMILES string of the molecule is CCOc1cccc2nc(Nc3nc(C)c4cc(OC)cc(OC)c4n3)nc(O)c12.O=C(O)C(F)(F)F. The summed E-state index contributed by atoms with van der Waals surface area (Å²) in [6.07, 6.45) is -5.08. The number of nitrogens with one attached hydrogen (secondary N) is 1. The largest absolute Gasteiger partial charge is 0.497 e. The van der Waals surface area contributed by atoms with Crippen molar-refractivity contribution < 1.29 is 42.4 Å². The maximum atomic E-state index is 10.6. The molecular formula is C23H22F3N5O6. The van der Waals surface area contributed by atoms with Crippen molar-refractivity contribution in [3.8, 4) is 23.1 Å².